The van der Waals surface area contributed by atoms with Crippen LogP contribution in [0.15, 0.2) is 51.4 Å². The molecule has 2 aliphatic heterocycles. The summed E-state index contributed by atoms with van der Waals surface area (Å²) in [6.07, 6.45) is 3.75. The summed E-state index contributed by atoms with van der Waals surface area (Å²) >= 11 is 2.51. The van der Waals surface area contributed by atoms with Crippen LogP contribution >= 0.6 is 23.1 Å². The summed E-state index contributed by atoms with van der Waals surface area (Å²) in [7, 11) is -1.75. The van der Waals surface area contributed by atoms with E-state index in [9.17, 15) is 19.5 Å². The van der Waals surface area contributed by atoms with Gasteiger partial charge in [-0.15, -0.1) is 23.1 Å². The van der Waals surface area contributed by atoms with Crippen LogP contribution in [0.2, 0.25) is 0 Å². The number of aliphatic carboxylic acids is 1. The first-order chi connectivity index (χ1) is 18.3. The molecule has 2 aliphatic rings. The van der Waals surface area contributed by atoms with Gasteiger partial charge < -0.3 is 30.3 Å². The number of carbonyl (C=O) groups excluding carboxylic acids is 2. The van der Waals surface area contributed by atoms with Crippen LogP contribution in [0.5, 0.6) is 0 Å². The first-order valence-electron chi connectivity index (χ1n) is 10.6. The van der Waals surface area contributed by atoms with Crippen molar-refractivity contribution in [2.75, 3.05) is 25.2 Å². The van der Waals surface area contributed by atoms with Crippen LogP contribution in [-0.2, 0) is 41.4 Å². The molecule has 0 bridgehead atoms. The van der Waals surface area contributed by atoms with Gasteiger partial charge in [0.1, 0.15) is 44.3 Å². The van der Waals surface area contributed by atoms with Gasteiger partial charge in [-0.25, -0.2) is 22.8 Å². The Balaban J connectivity index is 0.000000771. The lowest BCUT2D eigenvalue weighted by atomic mass is 9.92. The average Bonchev–Trinajstić information content (AvgIpc) is 3.29. The number of nitrogens with one attached hydrogen (secondary N) is 1. The van der Waals surface area contributed by atoms with Crippen LogP contribution in [-0.4, -0.2) is 87.6 Å². The molecule has 0 aliphatic carbocycles. The fraction of sp³-hybridized carbons (Fsp3) is 0.300. The molecular weight excluding hydrogens is 580 g/mol. The average molecular weight is 603 g/mol. The summed E-state index contributed by atoms with van der Waals surface area (Å²) < 4.78 is 40.4. The smallest absolute Gasteiger partial charge is 0.356 e. The maximum absolute atomic E-state index is 12.9. The highest BCUT2D eigenvalue weighted by molar-refractivity contribution is 7.99. The Kier molecular flexibility index (Phi) is 9.45. The van der Waals surface area contributed by atoms with Gasteiger partial charge >= 0.3 is 5.97 Å². The Bertz CT molecular complexity index is 1420. The third kappa shape index (κ3) is 7.63. The van der Waals surface area contributed by atoms with Gasteiger partial charge in [0.15, 0.2) is 28.9 Å². The SMILES string of the molecule is CO/N=C(/C(=O)N[C@@H]1C(=O)N2C(C(=O)O)=C(CSc3cc[n+](C)cc3)OC[C@H]12)c1csc(N)n1.O=S(=O)([O-])O. The lowest BCUT2D eigenvalue weighted by Crippen LogP contribution is -2.73. The summed E-state index contributed by atoms with van der Waals surface area (Å²) in [5.41, 5.74) is 5.45. The number of carboxylic acids is 1. The Morgan fingerprint density at radius 1 is 1.44 bits per heavy atom. The number of thioether (sulfide) groups is 1. The Labute approximate surface area is 229 Å². The van der Waals surface area contributed by atoms with Crippen LogP contribution in [0.4, 0.5) is 5.13 Å². The minimum absolute atomic E-state index is 0.0352. The van der Waals surface area contributed by atoms with E-state index < -0.39 is 40.3 Å². The second-order valence-electron chi connectivity index (χ2n) is 7.72. The second-order valence-corrected chi connectivity index (χ2v) is 10.5. The molecule has 4 rings (SSSR count). The monoisotopic (exact) mass is 602 g/mol. The fourth-order valence-corrected chi connectivity index (χ4v) is 4.88. The lowest BCUT2D eigenvalue weighted by Gasteiger charge is -2.49. The minimum atomic E-state index is -4.92. The number of anilines is 1. The van der Waals surface area contributed by atoms with Gasteiger partial charge in [-0.1, -0.05) is 5.16 Å². The van der Waals surface area contributed by atoms with Crippen molar-refractivity contribution >= 4 is 62.1 Å². The van der Waals surface area contributed by atoms with E-state index in [4.69, 9.17) is 32.8 Å². The second kappa shape index (κ2) is 12.4. The van der Waals surface area contributed by atoms with E-state index in [1.165, 1.54) is 24.3 Å². The number of aromatic nitrogens is 2. The number of β-lactam (4-membered cyclic amide) rings is 1. The van der Waals surface area contributed by atoms with E-state index in [0.717, 1.165) is 21.1 Å². The number of amides is 2. The number of aryl methyl sites for hydroxylation is 1. The van der Waals surface area contributed by atoms with Gasteiger partial charge in [-0.3, -0.25) is 19.0 Å². The maximum atomic E-state index is 12.9. The molecule has 0 unspecified atom stereocenters. The number of rotatable bonds is 8. The Morgan fingerprint density at radius 3 is 2.62 bits per heavy atom. The third-order valence-electron chi connectivity index (χ3n) is 5.12. The molecule has 210 valence electrons. The summed E-state index contributed by atoms with van der Waals surface area (Å²) in [6.45, 7) is 0.0352. The molecule has 1 fully saturated rings. The summed E-state index contributed by atoms with van der Waals surface area (Å²) in [5.74, 6) is -2.11. The number of nitrogens with two attached hydrogens (primary N) is 1. The molecule has 2 atom stereocenters. The number of hydrogen-bond acceptors (Lipinski definition) is 13. The molecule has 0 spiro atoms. The molecule has 39 heavy (non-hydrogen) atoms. The zero-order valence-corrected chi connectivity index (χ0v) is 22.7. The minimum Gasteiger partial charge on any atom is -0.726 e. The van der Waals surface area contributed by atoms with Crippen LogP contribution in [0, 0.1) is 0 Å². The largest absolute Gasteiger partial charge is 0.726 e. The molecule has 2 aromatic rings. The third-order valence-corrected chi connectivity index (χ3v) is 6.81. The van der Waals surface area contributed by atoms with E-state index in [0.29, 0.717) is 0 Å². The quantitative estimate of drug-likeness (QED) is 0.0524. The number of carboxylic acid groups (broad SMARTS) is 1. The molecular formula is C20H22N6O10S3. The molecule has 16 nitrogen and oxygen atoms in total. The van der Waals surface area contributed by atoms with E-state index in [1.807, 2.05) is 36.1 Å². The van der Waals surface area contributed by atoms with E-state index in [2.05, 4.69) is 15.5 Å². The maximum Gasteiger partial charge on any atom is 0.356 e. The molecule has 19 heteroatoms. The van der Waals surface area contributed by atoms with Crippen molar-refractivity contribution in [1.82, 2.24) is 15.2 Å². The highest BCUT2D eigenvalue weighted by Crippen LogP contribution is 2.35. The molecule has 2 amide bonds. The van der Waals surface area contributed by atoms with Gasteiger partial charge in [0.25, 0.3) is 11.8 Å². The van der Waals surface area contributed by atoms with Crippen molar-refractivity contribution in [1.29, 1.82) is 0 Å². The van der Waals surface area contributed by atoms with Crippen LogP contribution in [0.3, 0.4) is 0 Å². The highest BCUT2D eigenvalue weighted by atomic mass is 32.3. The van der Waals surface area contributed by atoms with Crippen LogP contribution < -0.4 is 15.6 Å². The normalized spacial score (nSPS) is 18.7. The predicted molar refractivity (Wildman–Crippen MR) is 134 cm³/mol. The highest BCUT2D eigenvalue weighted by Gasteiger charge is 2.55. The number of nitrogen functional groups attached to an aromatic ring is 1. The van der Waals surface area contributed by atoms with Crippen molar-refractivity contribution in [3.8, 4) is 0 Å². The molecule has 1 saturated heterocycles. The summed E-state index contributed by atoms with van der Waals surface area (Å²) in [5, 5.41) is 17.8. The molecule has 0 aromatic carbocycles. The number of thiazole rings is 1. The number of nitrogens with zero attached hydrogens (tertiary/aromatic N) is 4. The van der Waals surface area contributed by atoms with Crippen LogP contribution in [0.1, 0.15) is 5.69 Å². The standard InChI is InChI=1S/C20H20N6O6S2.H2O4S/c1-25-5-3-10(4-6-25)33-9-13-16(19(29)30)26-12(7-32-13)15(18(26)28)23-17(27)14(24-31-2)11-8-34-20(21)22-11;1-5(2,3)4/h3-6,8,12,15H,7,9H2,1-2H3,(H3-,21,22,23,27,29,30);(H2,1,2,3,4)/b24-14+;/t12-,15+;/m1./s1. The summed E-state index contributed by atoms with van der Waals surface area (Å²) in [4.78, 5) is 48.5. The van der Waals surface area contributed by atoms with E-state index in [1.54, 1.807) is 0 Å². The van der Waals surface area contributed by atoms with Crippen molar-refractivity contribution in [3.63, 3.8) is 0 Å². The van der Waals surface area contributed by atoms with E-state index >= 15 is 0 Å². The molecule has 4 heterocycles. The number of hydrogen-bond donors (Lipinski definition) is 4. The number of ether oxygens (including phenoxy) is 1. The zero-order chi connectivity index (χ0) is 28.9. The van der Waals surface area contributed by atoms with Crippen molar-refractivity contribution in [2.45, 2.75) is 17.0 Å². The van der Waals surface area contributed by atoms with Gasteiger partial charge in [0.05, 0.1) is 5.75 Å². The molecule has 2 aromatic heterocycles. The lowest BCUT2D eigenvalue weighted by molar-refractivity contribution is -0.671. The summed E-state index contributed by atoms with van der Waals surface area (Å²) in [6, 6.07) is 2.14. The Hall–Kier alpha value is -3.78. The van der Waals surface area contributed by atoms with Crippen molar-refractivity contribution < 1.29 is 51.2 Å². The number of oxime groups is 1. The topological polar surface area (TPSA) is 238 Å². The number of pyridine rings is 1. The molecule has 0 radical (unpaired) electrons. The van der Waals surface area contributed by atoms with Gasteiger partial charge in [0, 0.05) is 22.4 Å². The van der Waals surface area contributed by atoms with Crippen molar-refractivity contribution in [2.24, 2.45) is 12.2 Å². The number of carbonyl (C=O) groups is 3. The molecule has 0 saturated carbocycles. The molecule has 5 N–H and O–H groups in total. The Morgan fingerprint density at radius 2 is 2.08 bits per heavy atom. The first kappa shape index (κ1) is 29.8. The predicted octanol–water partition coefficient (Wildman–Crippen LogP) is -1.28. The fourth-order valence-electron chi connectivity index (χ4n) is 3.50. The van der Waals surface area contributed by atoms with Gasteiger partial charge in [-0.2, -0.15) is 0 Å². The van der Waals surface area contributed by atoms with Gasteiger partial charge in [-0.05, 0) is 0 Å². The van der Waals surface area contributed by atoms with Gasteiger partial charge in [0.2, 0.25) is 10.4 Å². The van der Waals surface area contributed by atoms with Crippen LogP contribution in [0.25, 0.3) is 0 Å². The van der Waals surface area contributed by atoms with E-state index in [-0.39, 0.29) is 40.4 Å². The number of fused-ring (bicyclic) bond motifs is 1. The first-order valence-corrected chi connectivity index (χ1v) is 13.8. The van der Waals surface area contributed by atoms with Crippen molar-refractivity contribution in [3.05, 3.63) is 47.1 Å². The zero-order valence-electron chi connectivity index (χ0n) is 20.2.